The summed E-state index contributed by atoms with van der Waals surface area (Å²) in [5, 5.41) is 6.05. The second-order valence-corrected chi connectivity index (χ2v) is 5.57. The topological polar surface area (TPSA) is 50.4 Å². The summed E-state index contributed by atoms with van der Waals surface area (Å²) in [6, 6.07) is 6.38. The van der Waals surface area contributed by atoms with Gasteiger partial charge in [-0.05, 0) is 43.9 Å². The third-order valence-corrected chi connectivity index (χ3v) is 3.54. The molecule has 1 aliphatic heterocycles. The average molecular weight is 294 g/mol. The first kappa shape index (κ1) is 15.9. The second-order valence-electron chi connectivity index (χ2n) is 5.57. The van der Waals surface area contributed by atoms with Gasteiger partial charge in [0, 0.05) is 19.2 Å². The van der Waals surface area contributed by atoms with Crippen LogP contribution in [0.4, 0.5) is 4.39 Å². The highest BCUT2D eigenvalue weighted by Crippen LogP contribution is 2.10. The van der Waals surface area contributed by atoms with E-state index in [1.165, 1.54) is 12.1 Å². The summed E-state index contributed by atoms with van der Waals surface area (Å²) in [4.78, 5) is 11.8. The van der Waals surface area contributed by atoms with Crippen molar-refractivity contribution in [3.05, 3.63) is 35.6 Å². The number of carbonyl (C=O) groups is 1. The van der Waals surface area contributed by atoms with E-state index in [4.69, 9.17) is 4.74 Å². The van der Waals surface area contributed by atoms with Crippen molar-refractivity contribution in [3.63, 3.8) is 0 Å². The van der Waals surface area contributed by atoms with Gasteiger partial charge < -0.3 is 15.4 Å². The van der Waals surface area contributed by atoms with Crippen molar-refractivity contribution in [2.75, 3.05) is 19.7 Å². The smallest absolute Gasteiger partial charge is 0.234 e. The van der Waals surface area contributed by atoms with Crippen LogP contribution >= 0.6 is 0 Å². The van der Waals surface area contributed by atoms with Gasteiger partial charge in [-0.15, -0.1) is 0 Å². The average Bonchev–Trinajstić information content (AvgIpc) is 2.94. The lowest BCUT2D eigenvalue weighted by Crippen LogP contribution is -2.41. The van der Waals surface area contributed by atoms with Gasteiger partial charge in [0.25, 0.3) is 0 Å². The molecular weight excluding hydrogens is 271 g/mol. The van der Waals surface area contributed by atoms with E-state index in [9.17, 15) is 9.18 Å². The van der Waals surface area contributed by atoms with Crippen molar-refractivity contribution in [3.8, 4) is 0 Å². The maximum Gasteiger partial charge on any atom is 0.234 e. The van der Waals surface area contributed by atoms with Gasteiger partial charge in [-0.1, -0.05) is 12.1 Å². The molecule has 1 aliphatic rings. The number of halogens is 1. The molecule has 1 aromatic rings. The minimum absolute atomic E-state index is 0.0208. The van der Waals surface area contributed by atoms with E-state index < -0.39 is 0 Å². The third-order valence-electron chi connectivity index (χ3n) is 3.54. The molecule has 1 fully saturated rings. The number of ether oxygens (including phenoxy) is 1. The van der Waals surface area contributed by atoms with Crippen molar-refractivity contribution >= 4 is 5.91 Å². The molecule has 0 saturated carbocycles. The monoisotopic (exact) mass is 294 g/mol. The Morgan fingerprint density at radius 3 is 2.86 bits per heavy atom. The van der Waals surface area contributed by atoms with Crippen LogP contribution < -0.4 is 10.6 Å². The van der Waals surface area contributed by atoms with E-state index in [0.717, 1.165) is 31.6 Å². The van der Waals surface area contributed by atoms with Crippen LogP contribution in [0.3, 0.4) is 0 Å². The summed E-state index contributed by atoms with van der Waals surface area (Å²) in [5.41, 5.74) is 1.01. The van der Waals surface area contributed by atoms with E-state index in [0.29, 0.717) is 13.0 Å². The summed E-state index contributed by atoms with van der Waals surface area (Å²) in [6.45, 7) is 3.79. The molecule has 0 aliphatic carbocycles. The number of rotatable bonds is 7. The molecule has 0 bridgehead atoms. The molecular formula is C16H23FN2O2. The molecule has 0 aromatic heterocycles. The van der Waals surface area contributed by atoms with Gasteiger partial charge >= 0.3 is 0 Å². The Labute approximate surface area is 125 Å². The summed E-state index contributed by atoms with van der Waals surface area (Å²) >= 11 is 0. The van der Waals surface area contributed by atoms with Gasteiger partial charge in [-0.2, -0.15) is 0 Å². The standard InChI is InChI=1S/C16H23FN2O2/c1-12(9-13-4-6-14(17)7-5-13)19-16(20)11-18-10-15-3-2-8-21-15/h4-7,12,15,18H,2-3,8-11H2,1H3,(H,19,20). The van der Waals surface area contributed by atoms with Gasteiger partial charge in [0.2, 0.25) is 5.91 Å². The maximum absolute atomic E-state index is 12.8. The highest BCUT2D eigenvalue weighted by atomic mass is 19.1. The van der Waals surface area contributed by atoms with Gasteiger partial charge in [0.1, 0.15) is 5.82 Å². The normalized spacial score (nSPS) is 19.4. The van der Waals surface area contributed by atoms with Gasteiger partial charge in [-0.25, -0.2) is 4.39 Å². The molecule has 0 radical (unpaired) electrons. The zero-order chi connectivity index (χ0) is 15.1. The Morgan fingerprint density at radius 2 is 2.19 bits per heavy atom. The predicted octanol–water partition coefficient (Wildman–Crippen LogP) is 1.64. The van der Waals surface area contributed by atoms with Crippen LogP contribution in [-0.2, 0) is 16.0 Å². The summed E-state index contributed by atoms with van der Waals surface area (Å²) in [7, 11) is 0. The van der Waals surface area contributed by atoms with Crippen LogP contribution in [0.25, 0.3) is 0 Å². The SMILES string of the molecule is CC(Cc1ccc(F)cc1)NC(=O)CNCC1CCCO1. The zero-order valence-corrected chi connectivity index (χ0v) is 12.4. The summed E-state index contributed by atoms with van der Waals surface area (Å²) in [5.74, 6) is -0.267. The molecule has 0 spiro atoms. The molecule has 1 heterocycles. The fourth-order valence-electron chi connectivity index (χ4n) is 2.50. The Kier molecular flexibility index (Phi) is 6.14. The largest absolute Gasteiger partial charge is 0.377 e. The molecule has 2 rings (SSSR count). The lowest BCUT2D eigenvalue weighted by atomic mass is 10.1. The Balaban J connectivity index is 1.63. The molecule has 2 unspecified atom stereocenters. The molecule has 2 N–H and O–H groups in total. The molecule has 1 amide bonds. The van der Waals surface area contributed by atoms with Crippen LogP contribution in [0.5, 0.6) is 0 Å². The van der Waals surface area contributed by atoms with Crippen molar-refractivity contribution in [2.24, 2.45) is 0 Å². The first-order valence-corrected chi connectivity index (χ1v) is 7.49. The molecule has 2 atom stereocenters. The Bertz CT molecular complexity index is 444. The van der Waals surface area contributed by atoms with E-state index in [-0.39, 0.29) is 23.9 Å². The first-order valence-electron chi connectivity index (χ1n) is 7.49. The van der Waals surface area contributed by atoms with Gasteiger partial charge in [0.15, 0.2) is 0 Å². The lowest BCUT2D eigenvalue weighted by Gasteiger charge is -2.15. The van der Waals surface area contributed by atoms with Crippen LogP contribution in [0.2, 0.25) is 0 Å². The van der Waals surface area contributed by atoms with E-state index >= 15 is 0 Å². The minimum Gasteiger partial charge on any atom is -0.377 e. The number of nitrogens with one attached hydrogen (secondary N) is 2. The van der Waals surface area contributed by atoms with Gasteiger partial charge in [-0.3, -0.25) is 4.79 Å². The molecule has 116 valence electrons. The lowest BCUT2D eigenvalue weighted by molar-refractivity contribution is -0.120. The van der Waals surface area contributed by atoms with Crippen LogP contribution in [-0.4, -0.2) is 37.7 Å². The fourth-order valence-corrected chi connectivity index (χ4v) is 2.50. The van der Waals surface area contributed by atoms with Crippen molar-refractivity contribution in [2.45, 2.75) is 38.3 Å². The summed E-state index contributed by atoms with van der Waals surface area (Å²) < 4.78 is 18.3. The number of benzene rings is 1. The summed E-state index contributed by atoms with van der Waals surface area (Å²) in [6.07, 6.45) is 3.11. The van der Waals surface area contributed by atoms with Crippen LogP contribution in [0, 0.1) is 5.82 Å². The van der Waals surface area contributed by atoms with Crippen LogP contribution in [0.1, 0.15) is 25.3 Å². The van der Waals surface area contributed by atoms with Gasteiger partial charge in [0.05, 0.1) is 12.6 Å². The zero-order valence-electron chi connectivity index (χ0n) is 12.4. The molecule has 1 saturated heterocycles. The minimum atomic E-state index is -0.242. The van der Waals surface area contributed by atoms with Crippen molar-refractivity contribution in [1.29, 1.82) is 0 Å². The molecule has 1 aromatic carbocycles. The third kappa shape index (κ3) is 5.81. The van der Waals surface area contributed by atoms with Crippen LogP contribution in [0.15, 0.2) is 24.3 Å². The number of carbonyl (C=O) groups excluding carboxylic acids is 1. The highest BCUT2D eigenvalue weighted by Gasteiger charge is 2.15. The van der Waals surface area contributed by atoms with E-state index in [1.807, 2.05) is 6.92 Å². The molecule has 21 heavy (non-hydrogen) atoms. The Hall–Kier alpha value is -1.46. The Morgan fingerprint density at radius 1 is 1.43 bits per heavy atom. The van der Waals surface area contributed by atoms with Crippen molar-refractivity contribution in [1.82, 2.24) is 10.6 Å². The van der Waals surface area contributed by atoms with Crippen molar-refractivity contribution < 1.29 is 13.9 Å². The number of hydrogen-bond acceptors (Lipinski definition) is 3. The predicted molar refractivity (Wildman–Crippen MR) is 79.6 cm³/mol. The fraction of sp³-hybridized carbons (Fsp3) is 0.562. The van der Waals surface area contributed by atoms with E-state index in [1.54, 1.807) is 12.1 Å². The highest BCUT2D eigenvalue weighted by molar-refractivity contribution is 5.78. The molecule has 4 nitrogen and oxygen atoms in total. The number of amides is 1. The molecule has 5 heteroatoms. The maximum atomic E-state index is 12.8. The quantitative estimate of drug-likeness (QED) is 0.804. The second kappa shape index (κ2) is 8.10. The van der Waals surface area contributed by atoms with E-state index in [2.05, 4.69) is 10.6 Å². The first-order chi connectivity index (χ1) is 10.1. The number of hydrogen-bond donors (Lipinski definition) is 2.